The van der Waals surface area contributed by atoms with Crippen molar-refractivity contribution < 1.29 is 14.0 Å². The first-order valence-corrected chi connectivity index (χ1v) is 8.95. The van der Waals surface area contributed by atoms with Crippen molar-refractivity contribution in [1.29, 1.82) is 0 Å². The summed E-state index contributed by atoms with van der Waals surface area (Å²) in [5.41, 5.74) is 1.02. The maximum absolute atomic E-state index is 12.9. The minimum Gasteiger partial charge on any atom is -0.472 e. The maximum Gasteiger partial charge on any atom is 0.318 e. The van der Waals surface area contributed by atoms with Gasteiger partial charge in [-0.3, -0.25) is 4.79 Å². The minimum atomic E-state index is -0.0177. The normalized spacial score (nSPS) is 22.5. The summed E-state index contributed by atoms with van der Waals surface area (Å²) in [6, 6.07) is 2.22. The van der Waals surface area contributed by atoms with Gasteiger partial charge in [-0.15, -0.1) is 0 Å². The zero-order valence-corrected chi connectivity index (χ0v) is 14.4. The van der Waals surface area contributed by atoms with Crippen LogP contribution < -0.4 is 5.32 Å². The van der Waals surface area contributed by atoms with Gasteiger partial charge in [0.05, 0.1) is 19.1 Å². The van der Waals surface area contributed by atoms with Gasteiger partial charge in [-0.25, -0.2) is 4.79 Å². The molecule has 2 fully saturated rings. The highest BCUT2D eigenvalue weighted by Gasteiger charge is 2.29. The second-order valence-corrected chi connectivity index (χ2v) is 7.01. The van der Waals surface area contributed by atoms with E-state index >= 15 is 0 Å². The number of rotatable bonds is 4. The molecule has 1 aliphatic carbocycles. The van der Waals surface area contributed by atoms with Gasteiger partial charge in [0.1, 0.15) is 0 Å². The van der Waals surface area contributed by atoms with Crippen molar-refractivity contribution in [2.24, 2.45) is 0 Å². The molecule has 1 aliphatic heterocycles. The van der Waals surface area contributed by atoms with Gasteiger partial charge >= 0.3 is 6.03 Å². The van der Waals surface area contributed by atoms with Gasteiger partial charge in [0.2, 0.25) is 5.91 Å². The number of likely N-dealkylation sites (tertiary alicyclic amines) is 1. The molecule has 1 atom stereocenters. The summed E-state index contributed by atoms with van der Waals surface area (Å²) < 4.78 is 5.16. The molecule has 1 saturated carbocycles. The van der Waals surface area contributed by atoms with Gasteiger partial charge in [-0.05, 0) is 25.3 Å². The molecule has 3 amide bonds. The summed E-state index contributed by atoms with van der Waals surface area (Å²) in [7, 11) is 1.80. The second kappa shape index (κ2) is 7.73. The van der Waals surface area contributed by atoms with Crippen molar-refractivity contribution >= 4 is 11.9 Å². The quantitative estimate of drug-likeness (QED) is 0.921. The van der Waals surface area contributed by atoms with Crippen molar-refractivity contribution in [1.82, 2.24) is 15.1 Å². The zero-order chi connectivity index (χ0) is 16.9. The third kappa shape index (κ3) is 4.10. The van der Waals surface area contributed by atoms with E-state index in [4.69, 9.17) is 4.42 Å². The predicted octanol–water partition coefficient (Wildman–Crippen LogP) is 2.74. The molecule has 0 radical (unpaired) electrons. The van der Waals surface area contributed by atoms with Crippen LogP contribution in [0.5, 0.6) is 0 Å². The standard InChI is InChI=1S/C18H27N3O3/c1-20-12-15(7-8-17(20)22)19-18(23)21(11-14-9-10-24-13-14)16-5-3-2-4-6-16/h9-10,13,15-16H,2-8,11-12H2,1H3,(H,19,23)/t15-/m0/s1. The van der Waals surface area contributed by atoms with Crippen LogP contribution in [-0.2, 0) is 11.3 Å². The molecule has 3 rings (SSSR count). The third-order valence-electron chi connectivity index (χ3n) is 5.16. The van der Waals surface area contributed by atoms with Crippen LogP contribution in [-0.4, -0.2) is 47.4 Å². The van der Waals surface area contributed by atoms with Crippen molar-refractivity contribution in [3.63, 3.8) is 0 Å². The van der Waals surface area contributed by atoms with E-state index in [0.29, 0.717) is 19.5 Å². The summed E-state index contributed by atoms with van der Waals surface area (Å²) in [4.78, 5) is 28.2. The number of nitrogens with zero attached hydrogens (tertiary/aromatic N) is 2. The lowest BCUT2D eigenvalue weighted by atomic mass is 9.94. The highest BCUT2D eigenvalue weighted by atomic mass is 16.3. The smallest absolute Gasteiger partial charge is 0.318 e. The molecule has 0 spiro atoms. The molecule has 132 valence electrons. The first kappa shape index (κ1) is 16.9. The van der Waals surface area contributed by atoms with Gasteiger partial charge in [0, 0.05) is 37.7 Å². The lowest BCUT2D eigenvalue weighted by molar-refractivity contribution is -0.132. The summed E-state index contributed by atoms with van der Waals surface area (Å²) in [6.07, 6.45) is 10.3. The van der Waals surface area contributed by atoms with E-state index in [0.717, 1.165) is 24.8 Å². The SMILES string of the molecule is CN1C[C@@H](NC(=O)N(Cc2ccoc2)C2CCCCC2)CCC1=O. The lowest BCUT2D eigenvalue weighted by Gasteiger charge is -2.37. The van der Waals surface area contributed by atoms with E-state index in [9.17, 15) is 9.59 Å². The van der Waals surface area contributed by atoms with Crippen LogP contribution in [0.25, 0.3) is 0 Å². The second-order valence-electron chi connectivity index (χ2n) is 7.01. The minimum absolute atomic E-state index is 0.0177. The molecule has 1 saturated heterocycles. The van der Waals surface area contributed by atoms with Crippen LogP contribution in [0.1, 0.15) is 50.5 Å². The first-order chi connectivity index (χ1) is 11.6. The van der Waals surface area contributed by atoms with E-state index in [-0.39, 0.29) is 24.0 Å². The topological polar surface area (TPSA) is 65.8 Å². The van der Waals surface area contributed by atoms with Gasteiger partial charge in [0.15, 0.2) is 0 Å². The number of hydrogen-bond acceptors (Lipinski definition) is 3. The highest BCUT2D eigenvalue weighted by Crippen LogP contribution is 2.24. The Kier molecular flexibility index (Phi) is 5.43. The van der Waals surface area contributed by atoms with Crippen molar-refractivity contribution in [3.05, 3.63) is 24.2 Å². The third-order valence-corrected chi connectivity index (χ3v) is 5.16. The zero-order valence-electron chi connectivity index (χ0n) is 14.4. The fourth-order valence-corrected chi connectivity index (χ4v) is 3.73. The molecule has 6 heteroatoms. The largest absolute Gasteiger partial charge is 0.472 e. The first-order valence-electron chi connectivity index (χ1n) is 8.95. The van der Waals surface area contributed by atoms with Crippen LogP contribution in [0, 0.1) is 0 Å². The Hall–Kier alpha value is -1.98. The van der Waals surface area contributed by atoms with E-state index < -0.39 is 0 Å². The molecule has 0 bridgehead atoms. The van der Waals surface area contributed by atoms with Crippen LogP contribution in [0.4, 0.5) is 4.79 Å². The number of carbonyl (C=O) groups excluding carboxylic acids is 2. The molecule has 2 heterocycles. The molecule has 2 aliphatic rings. The van der Waals surface area contributed by atoms with Gasteiger partial charge in [-0.2, -0.15) is 0 Å². The molecule has 0 aromatic carbocycles. The number of urea groups is 1. The average molecular weight is 333 g/mol. The number of hydrogen-bond donors (Lipinski definition) is 1. The highest BCUT2D eigenvalue weighted by molar-refractivity contribution is 5.78. The molecule has 6 nitrogen and oxygen atoms in total. The Bertz CT molecular complexity index is 552. The van der Waals surface area contributed by atoms with E-state index in [1.165, 1.54) is 19.3 Å². The predicted molar refractivity (Wildman–Crippen MR) is 90.3 cm³/mol. The number of furan rings is 1. The van der Waals surface area contributed by atoms with Crippen LogP contribution >= 0.6 is 0 Å². The molecule has 1 N–H and O–H groups in total. The number of piperidine rings is 1. The fraction of sp³-hybridized carbons (Fsp3) is 0.667. The number of likely N-dealkylation sites (N-methyl/N-ethyl adjacent to an activating group) is 1. The van der Waals surface area contributed by atoms with E-state index in [1.807, 2.05) is 11.0 Å². The van der Waals surface area contributed by atoms with Crippen molar-refractivity contribution in [3.8, 4) is 0 Å². The summed E-state index contributed by atoms with van der Waals surface area (Å²) >= 11 is 0. The Morgan fingerprint density at radius 1 is 1.33 bits per heavy atom. The average Bonchev–Trinajstić information content (AvgIpc) is 3.10. The van der Waals surface area contributed by atoms with E-state index in [1.54, 1.807) is 24.5 Å². The van der Waals surface area contributed by atoms with E-state index in [2.05, 4.69) is 5.32 Å². The lowest BCUT2D eigenvalue weighted by Crippen LogP contribution is -2.54. The number of carbonyl (C=O) groups is 2. The van der Waals surface area contributed by atoms with Gasteiger partial charge in [0.25, 0.3) is 0 Å². The maximum atomic E-state index is 12.9. The number of amides is 3. The number of nitrogens with one attached hydrogen (secondary N) is 1. The molecular weight excluding hydrogens is 306 g/mol. The molecular formula is C18H27N3O3. The van der Waals surface area contributed by atoms with Crippen molar-refractivity contribution in [2.45, 2.75) is 63.6 Å². The molecule has 1 aromatic heterocycles. The Labute approximate surface area is 143 Å². The van der Waals surface area contributed by atoms with Crippen molar-refractivity contribution in [2.75, 3.05) is 13.6 Å². The van der Waals surface area contributed by atoms with Crippen LogP contribution in [0.15, 0.2) is 23.0 Å². The summed E-state index contributed by atoms with van der Waals surface area (Å²) in [5.74, 6) is 0.156. The fourth-order valence-electron chi connectivity index (χ4n) is 3.73. The molecule has 0 unspecified atom stereocenters. The summed E-state index contributed by atoms with van der Waals surface area (Å²) in [6.45, 7) is 1.17. The molecule has 24 heavy (non-hydrogen) atoms. The van der Waals surface area contributed by atoms with Crippen LogP contribution in [0.2, 0.25) is 0 Å². The van der Waals surface area contributed by atoms with Gasteiger partial charge < -0.3 is 19.5 Å². The van der Waals surface area contributed by atoms with Crippen LogP contribution in [0.3, 0.4) is 0 Å². The Morgan fingerprint density at radius 2 is 2.12 bits per heavy atom. The monoisotopic (exact) mass is 333 g/mol. The summed E-state index contributed by atoms with van der Waals surface area (Å²) in [5, 5.41) is 3.14. The Morgan fingerprint density at radius 3 is 2.79 bits per heavy atom. The molecule has 1 aromatic rings. The Balaban J connectivity index is 1.64. The van der Waals surface area contributed by atoms with Gasteiger partial charge in [-0.1, -0.05) is 19.3 Å².